The van der Waals surface area contributed by atoms with Gasteiger partial charge in [0.15, 0.2) is 6.29 Å². The molecule has 1 aromatic carbocycles. The fourth-order valence-electron chi connectivity index (χ4n) is 1.19. The first kappa shape index (κ1) is 8.59. The van der Waals surface area contributed by atoms with Gasteiger partial charge in [-0.2, -0.15) is 0 Å². The molecule has 0 saturated carbocycles. The molecule has 2 aromatic rings. The van der Waals surface area contributed by atoms with Crippen LogP contribution in [0, 0.1) is 0 Å². The standard InChI is InChI=1S/C9H7NOS2/c10-7-4-13-9-1-5(3-11)8(12)2-6(7)9/h1-4,12H,10H2. The normalized spacial score (nSPS) is 10.5. The highest BCUT2D eigenvalue weighted by atomic mass is 32.1. The van der Waals surface area contributed by atoms with Gasteiger partial charge in [0.1, 0.15) is 0 Å². The Morgan fingerprint density at radius 2 is 2.23 bits per heavy atom. The molecule has 0 bridgehead atoms. The molecule has 0 unspecified atom stereocenters. The number of fused-ring (bicyclic) bond motifs is 1. The van der Waals surface area contributed by atoms with Gasteiger partial charge in [-0.05, 0) is 12.1 Å². The van der Waals surface area contributed by atoms with E-state index in [1.165, 1.54) is 11.3 Å². The number of benzene rings is 1. The number of rotatable bonds is 1. The van der Waals surface area contributed by atoms with E-state index in [0.717, 1.165) is 22.1 Å². The quantitative estimate of drug-likeness (QED) is 0.560. The molecule has 0 radical (unpaired) electrons. The minimum absolute atomic E-state index is 0.609. The van der Waals surface area contributed by atoms with Crippen molar-refractivity contribution in [3.63, 3.8) is 0 Å². The van der Waals surface area contributed by atoms with Crippen molar-refractivity contribution in [2.24, 2.45) is 0 Å². The Bertz CT molecular complexity index is 476. The molecule has 2 rings (SSSR count). The fourth-order valence-corrected chi connectivity index (χ4v) is 2.32. The number of hydrogen-bond donors (Lipinski definition) is 2. The maximum absolute atomic E-state index is 10.6. The highest BCUT2D eigenvalue weighted by Crippen LogP contribution is 2.31. The van der Waals surface area contributed by atoms with E-state index in [0.29, 0.717) is 10.5 Å². The topological polar surface area (TPSA) is 43.1 Å². The molecule has 13 heavy (non-hydrogen) atoms. The fraction of sp³-hybridized carbons (Fsp3) is 0. The van der Waals surface area contributed by atoms with Crippen molar-refractivity contribution < 1.29 is 4.79 Å². The number of thiol groups is 1. The van der Waals surface area contributed by atoms with Gasteiger partial charge in [0.25, 0.3) is 0 Å². The van der Waals surface area contributed by atoms with E-state index in [4.69, 9.17) is 5.73 Å². The second-order valence-corrected chi connectivity index (χ2v) is 4.11. The molecule has 1 aromatic heterocycles. The van der Waals surface area contributed by atoms with Crippen LogP contribution in [0.25, 0.3) is 10.1 Å². The van der Waals surface area contributed by atoms with Crippen LogP contribution in [0.1, 0.15) is 10.4 Å². The zero-order chi connectivity index (χ0) is 9.42. The minimum Gasteiger partial charge on any atom is -0.398 e. The Hall–Kier alpha value is -1.000. The first-order valence-corrected chi connectivity index (χ1v) is 5.00. The third kappa shape index (κ3) is 1.32. The Morgan fingerprint density at radius 3 is 2.92 bits per heavy atom. The van der Waals surface area contributed by atoms with Crippen LogP contribution < -0.4 is 5.73 Å². The number of carbonyl (C=O) groups is 1. The summed E-state index contributed by atoms with van der Waals surface area (Å²) in [7, 11) is 0. The number of nitrogens with two attached hydrogens (primary N) is 1. The van der Waals surface area contributed by atoms with E-state index in [2.05, 4.69) is 12.6 Å². The van der Waals surface area contributed by atoms with Crippen LogP contribution in [0.2, 0.25) is 0 Å². The molecule has 0 fully saturated rings. The summed E-state index contributed by atoms with van der Waals surface area (Å²) in [5.74, 6) is 0. The van der Waals surface area contributed by atoms with Crippen LogP contribution >= 0.6 is 24.0 Å². The van der Waals surface area contributed by atoms with E-state index in [-0.39, 0.29) is 0 Å². The number of aldehydes is 1. The Morgan fingerprint density at radius 1 is 1.46 bits per heavy atom. The van der Waals surface area contributed by atoms with Gasteiger partial charge in [-0.25, -0.2) is 0 Å². The maximum atomic E-state index is 10.6. The Kier molecular flexibility index (Phi) is 2.01. The highest BCUT2D eigenvalue weighted by Gasteiger charge is 2.05. The van der Waals surface area contributed by atoms with E-state index < -0.39 is 0 Å². The smallest absolute Gasteiger partial charge is 0.151 e. The van der Waals surface area contributed by atoms with Crippen LogP contribution in [0.3, 0.4) is 0 Å². The lowest BCUT2D eigenvalue weighted by atomic mass is 10.2. The SMILES string of the molecule is Nc1csc2cc(C=O)c(S)cc12. The Balaban J connectivity index is 2.83. The lowest BCUT2D eigenvalue weighted by Gasteiger charge is -1.97. The first-order chi connectivity index (χ1) is 6.22. The zero-order valence-electron chi connectivity index (χ0n) is 6.65. The number of anilines is 1. The Labute approximate surface area is 84.8 Å². The largest absolute Gasteiger partial charge is 0.398 e. The summed E-state index contributed by atoms with van der Waals surface area (Å²) in [5, 5.41) is 2.84. The molecule has 0 atom stereocenters. The summed E-state index contributed by atoms with van der Waals surface area (Å²) in [4.78, 5) is 11.3. The average Bonchev–Trinajstić information content (AvgIpc) is 2.47. The third-order valence-electron chi connectivity index (χ3n) is 1.88. The third-order valence-corrected chi connectivity index (χ3v) is 3.23. The zero-order valence-corrected chi connectivity index (χ0v) is 8.36. The van der Waals surface area contributed by atoms with Crippen LogP contribution in [-0.4, -0.2) is 6.29 Å². The summed E-state index contributed by atoms with van der Waals surface area (Å²) in [6.07, 6.45) is 0.803. The van der Waals surface area contributed by atoms with Gasteiger partial charge >= 0.3 is 0 Å². The molecular weight excluding hydrogens is 202 g/mol. The summed E-state index contributed by atoms with van der Waals surface area (Å²) in [6.45, 7) is 0. The lowest BCUT2D eigenvalue weighted by molar-refractivity contribution is 0.112. The molecule has 0 aliphatic carbocycles. The molecule has 4 heteroatoms. The predicted octanol–water partition coefficient (Wildman–Crippen LogP) is 2.58. The second-order valence-electron chi connectivity index (χ2n) is 2.72. The van der Waals surface area contributed by atoms with Gasteiger partial charge in [-0.3, -0.25) is 4.79 Å². The molecular formula is C9H7NOS2. The van der Waals surface area contributed by atoms with Crippen LogP contribution in [0.15, 0.2) is 22.4 Å². The van der Waals surface area contributed by atoms with Crippen LogP contribution in [0.5, 0.6) is 0 Å². The van der Waals surface area contributed by atoms with E-state index in [1.807, 2.05) is 17.5 Å². The van der Waals surface area contributed by atoms with Crippen molar-refractivity contribution in [3.8, 4) is 0 Å². The van der Waals surface area contributed by atoms with Gasteiger partial charge in [0.2, 0.25) is 0 Å². The van der Waals surface area contributed by atoms with Gasteiger partial charge in [-0.1, -0.05) is 0 Å². The molecule has 66 valence electrons. The van der Waals surface area contributed by atoms with Crippen molar-refractivity contribution in [1.29, 1.82) is 0 Å². The van der Waals surface area contributed by atoms with Gasteiger partial charge in [-0.15, -0.1) is 24.0 Å². The number of hydrogen-bond acceptors (Lipinski definition) is 4. The summed E-state index contributed by atoms with van der Waals surface area (Å²) >= 11 is 5.73. The predicted molar refractivity (Wildman–Crippen MR) is 58.9 cm³/mol. The van der Waals surface area contributed by atoms with Crippen molar-refractivity contribution in [3.05, 3.63) is 23.1 Å². The summed E-state index contributed by atoms with van der Waals surface area (Å²) in [5.41, 5.74) is 7.08. The van der Waals surface area contributed by atoms with Crippen molar-refractivity contribution >= 4 is 46.0 Å². The van der Waals surface area contributed by atoms with Gasteiger partial charge in [0, 0.05) is 25.9 Å². The molecule has 1 heterocycles. The molecule has 0 spiro atoms. The van der Waals surface area contributed by atoms with E-state index >= 15 is 0 Å². The summed E-state index contributed by atoms with van der Waals surface area (Å²) < 4.78 is 1.03. The van der Waals surface area contributed by atoms with Crippen molar-refractivity contribution in [1.82, 2.24) is 0 Å². The molecule has 0 aliphatic rings. The van der Waals surface area contributed by atoms with Gasteiger partial charge < -0.3 is 5.73 Å². The average molecular weight is 209 g/mol. The molecule has 0 aliphatic heterocycles. The van der Waals surface area contributed by atoms with Crippen LogP contribution in [-0.2, 0) is 0 Å². The molecule has 2 N–H and O–H groups in total. The lowest BCUT2D eigenvalue weighted by Crippen LogP contribution is -1.84. The number of thiophene rings is 1. The second kappa shape index (κ2) is 3.05. The monoisotopic (exact) mass is 209 g/mol. The highest BCUT2D eigenvalue weighted by molar-refractivity contribution is 7.80. The molecule has 2 nitrogen and oxygen atoms in total. The van der Waals surface area contributed by atoms with Crippen molar-refractivity contribution in [2.45, 2.75) is 4.90 Å². The van der Waals surface area contributed by atoms with E-state index in [9.17, 15) is 4.79 Å². The van der Waals surface area contributed by atoms with Crippen molar-refractivity contribution in [2.75, 3.05) is 5.73 Å². The molecule has 0 saturated heterocycles. The van der Waals surface area contributed by atoms with E-state index in [1.54, 1.807) is 0 Å². The molecule has 0 amide bonds. The van der Waals surface area contributed by atoms with Crippen LogP contribution in [0.4, 0.5) is 5.69 Å². The number of carbonyl (C=O) groups excluding carboxylic acids is 1. The number of nitrogen functional groups attached to an aromatic ring is 1. The summed E-state index contributed by atoms with van der Waals surface area (Å²) in [6, 6.07) is 3.64. The maximum Gasteiger partial charge on any atom is 0.151 e. The van der Waals surface area contributed by atoms with Gasteiger partial charge in [0.05, 0.1) is 5.69 Å². The minimum atomic E-state index is 0.609. The first-order valence-electron chi connectivity index (χ1n) is 3.67.